The molecule has 6 heteroatoms. The molecule has 1 heterocycles. The third kappa shape index (κ3) is 7.53. The van der Waals surface area contributed by atoms with E-state index in [0.717, 1.165) is 18.3 Å². The van der Waals surface area contributed by atoms with Gasteiger partial charge in [-0.1, -0.05) is 24.6 Å². The zero-order chi connectivity index (χ0) is 17.9. The summed E-state index contributed by atoms with van der Waals surface area (Å²) in [4.78, 5) is 7.17. The maximum absolute atomic E-state index is 5.96. The maximum Gasteiger partial charge on any atom is 0.191 e. The maximum atomic E-state index is 5.96. The van der Waals surface area contributed by atoms with Crippen molar-refractivity contribution in [2.45, 2.75) is 39.2 Å². The third-order valence-electron chi connectivity index (χ3n) is 4.24. The summed E-state index contributed by atoms with van der Waals surface area (Å²) in [5.74, 6) is 1.66. The molecule has 1 aromatic rings. The van der Waals surface area contributed by atoms with Gasteiger partial charge in [0.1, 0.15) is 12.4 Å². The Morgan fingerprint density at radius 2 is 2.12 bits per heavy atom. The van der Waals surface area contributed by atoms with Gasteiger partial charge >= 0.3 is 0 Å². The van der Waals surface area contributed by atoms with Gasteiger partial charge in [0.25, 0.3) is 0 Å². The highest BCUT2D eigenvalue weighted by Crippen LogP contribution is 2.16. The molecule has 2 N–H and O–H groups in total. The molecule has 5 nitrogen and oxygen atoms in total. The van der Waals surface area contributed by atoms with Crippen LogP contribution in [-0.4, -0.2) is 56.2 Å². The van der Waals surface area contributed by atoms with Gasteiger partial charge in [-0.15, -0.1) is 0 Å². The summed E-state index contributed by atoms with van der Waals surface area (Å²) >= 11 is 5.96. The Hall–Kier alpha value is -1.46. The average molecular weight is 367 g/mol. The molecule has 0 atom stereocenters. The summed E-state index contributed by atoms with van der Waals surface area (Å²) in [5, 5.41) is 7.57. The highest BCUT2D eigenvalue weighted by Gasteiger charge is 2.19. The van der Waals surface area contributed by atoms with Gasteiger partial charge in [-0.25, -0.2) is 4.99 Å². The number of rotatable bonds is 8. The van der Waals surface area contributed by atoms with E-state index >= 15 is 0 Å². The van der Waals surface area contributed by atoms with Crippen LogP contribution < -0.4 is 15.4 Å². The van der Waals surface area contributed by atoms with Gasteiger partial charge in [-0.3, -0.25) is 0 Å². The fraction of sp³-hybridized carbons (Fsp3) is 0.632. The summed E-state index contributed by atoms with van der Waals surface area (Å²) in [6, 6.07) is 7.95. The number of hydrogen-bond donors (Lipinski definition) is 2. The van der Waals surface area contributed by atoms with Crippen molar-refractivity contribution in [3.8, 4) is 5.75 Å². The minimum atomic E-state index is 0.500. The highest BCUT2D eigenvalue weighted by molar-refractivity contribution is 6.30. The van der Waals surface area contributed by atoms with E-state index in [-0.39, 0.29) is 0 Å². The molecular formula is C19H31ClN4O. The Kier molecular flexibility index (Phi) is 8.91. The number of piperidine rings is 1. The van der Waals surface area contributed by atoms with Crippen LogP contribution in [-0.2, 0) is 0 Å². The topological polar surface area (TPSA) is 48.9 Å². The Balaban J connectivity index is 1.74. The van der Waals surface area contributed by atoms with Crippen molar-refractivity contribution >= 4 is 17.6 Å². The second kappa shape index (κ2) is 11.2. The van der Waals surface area contributed by atoms with Crippen LogP contribution in [0.5, 0.6) is 5.75 Å². The lowest BCUT2D eigenvalue weighted by Crippen LogP contribution is -2.48. The summed E-state index contributed by atoms with van der Waals surface area (Å²) in [7, 11) is 0. The number of ether oxygens (including phenoxy) is 1. The number of guanidine groups is 1. The van der Waals surface area contributed by atoms with E-state index in [0.29, 0.717) is 24.2 Å². The van der Waals surface area contributed by atoms with Crippen molar-refractivity contribution in [2.24, 2.45) is 4.99 Å². The van der Waals surface area contributed by atoms with Crippen LogP contribution in [0.1, 0.15) is 33.1 Å². The van der Waals surface area contributed by atoms with Crippen LogP contribution in [0.4, 0.5) is 0 Å². The lowest BCUT2D eigenvalue weighted by atomic mass is 10.1. The van der Waals surface area contributed by atoms with Gasteiger partial charge in [0, 0.05) is 30.7 Å². The van der Waals surface area contributed by atoms with Gasteiger partial charge in [0.2, 0.25) is 0 Å². The normalized spacial score (nSPS) is 16.7. The monoisotopic (exact) mass is 366 g/mol. The molecule has 0 spiro atoms. The number of aliphatic imine (C=N–C) groups is 1. The summed E-state index contributed by atoms with van der Waals surface area (Å²) < 4.78 is 5.69. The van der Waals surface area contributed by atoms with Crippen LogP contribution in [0.15, 0.2) is 29.3 Å². The molecule has 1 aliphatic heterocycles. The van der Waals surface area contributed by atoms with Crippen LogP contribution in [0.25, 0.3) is 0 Å². The molecule has 0 aliphatic carbocycles. The van der Waals surface area contributed by atoms with Crippen molar-refractivity contribution < 1.29 is 4.74 Å². The molecule has 0 aromatic heterocycles. The molecule has 1 saturated heterocycles. The molecule has 0 amide bonds. The molecule has 0 radical (unpaired) electrons. The minimum absolute atomic E-state index is 0.500. The molecule has 1 aromatic carbocycles. The second-order valence-electron chi connectivity index (χ2n) is 6.33. The predicted octanol–water partition coefficient (Wildman–Crippen LogP) is 3.15. The van der Waals surface area contributed by atoms with Crippen LogP contribution in [0, 0.1) is 0 Å². The van der Waals surface area contributed by atoms with E-state index in [1.165, 1.54) is 38.9 Å². The molecule has 0 bridgehead atoms. The number of halogens is 1. The van der Waals surface area contributed by atoms with E-state index in [9.17, 15) is 0 Å². The number of benzene rings is 1. The smallest absolute Gasteiger partial charge is 0.191 e. The predicted molar refractivity (Wildman–Crippen MR) is 106 cm³/mol. The standard InChI is InChI=1S/C19H31ClN4O/c1-3-11-24-12-8-17(9-13-24)23-19(21-4-2)22-10-14-25-18-7-5-6-16(20)15-18/h5-7,15,17H,3-4,8-14H2,1-2H3,(H2,21,22,23). The van der Waals surface area contributed by atoms with E-state index < -0.39 is 0 Å². The fourth-order valence-corrected chi connectivity index (χ4v) is 3.19. The minimum Gasteiger partial charge on any atom is -0.492 e. The first-order valence-corrected chi connectivity index (χ1v) is 9.74. The molecule has 1 aliphatic rings. The Morgan fingerprint density at radius 3 is 2.80 bits per heavy atom. The van der Waals surface area contributed by atoms with Crippen molar-refractivity contribution in [1.29, 1.82) is 0 Å². The van der Waals surface area contributed by atoms with Crippen molar-refractivity contribution in [3.63, 3.8) is 0 Å². The first kappa shape index (κ1) is 19.9. The summed E-state index contributed by atoms with van der Waals surface area (Å²) in [5.41, 5.74) is 0. The van der Waals surface area contributed by atoms with Crippen molar-refractivity contribution in [3.05, 3.63) is 29.3 Å². The zero-order valence-corrected chi connectivity index (χ0v) is 16.2. The Morgan fingerprint density at radius 1 is 1.32 bits per heavy atom. The van der Waals surface area contributed by atoms with Gasteiger partial charge in [0.05, 0.1) is 6.54 Å². The quantitative estimate of drug-likeness (QED) is 0.421. The largest absolute Gasteiger partial charge is 0.492 e. The Labute approximate surface area is 156 Å². The lowest BCUT2D eigenvalue weighted by molar-refractivity contribution is 0.206. The number of hydrogen-bond acceptors (Lipinski definition) is 3. The van der Waals surface area contributed by atoms with Crippen LogP contribution >= 0.6 is 11.6 Å². The van der Waals surface area contributed by atoms with Crippen molar-refractivity contribution in [2.75, 3.05) is 39.3 Å². The van der Waals surface area contributed by atoms with E-state index in [1.807, 2.05) is 24.3 Å². The SMILES string of the molecule is CCCN1CCC(NC(=NCCOc2cccc(Cl)c2)NCC)CC1. The molecule has 1 fully saturated rings. The summed E-state index contributed by atoms with van der Waals surface area (Å²) in [6.45, 7) is 9.88. The highest BCUT2D eigenvalue weighted by atomic mass is 35.5. The summed E-state index contributed by atoms with van der Waals surface area (Å²) in [6.07, 6.45) is 3.57. The third-order valence-corrected chi connectivity index (χ3v) is 4.47. The zero-order valence-electron chi connectivity index (χ0n) is 15.4. The van der Waals surface area contributed by atoms with E-state index in [1.54, 1.807) is 0 Å². The first-order chi connectivity index (χ1) is 12.2. The van der Waals surface area contributed by atoms with Gasteiger partial charge < -0.3 is 20.3 Å². The molecule has 140 valence electrons. The first-order valence-electron chi connectivity index (χ1n) is 9.36. The fourth-order valence-electron chi connectivity index (χ4n) is 3.01. The average Bonchev–Trinajstić information content (AvgIpc) is 2.61. The van der Waals surface area contributed by atoms with Gasteiger partial charge in [0.15, 0.2) is 5.96 Å². The molecule has 25 heavy (non-hydrogen) atoms. The van der Waals surface area contributed by atoms with E-state index in [4.69, 9.17) is 16.3 Å². The number of nitrogens with one attached hydrogen (secondary N) is 2. The van der Waals surface area contributed by atoms with Crippen LogP contribution in [0.3, 0.4) is 0 Å². The number of likely N-dealkylation sites (tertiary alicyclic amines) is 1. The number of nitrogens with zero attached hydrogens (tertiary/aromatic N) is 2. The van der Waals surface area contributed by atoms with Crippen LogP contribution in [0.2, 0.25) is 5.02 Å². The van der Waals surface area contributed by atoms with Gasteiger partial charge in [-0.2, -0.15) is 0 Å². The van der Waals surface area contributed by atoms with E-state index in [2.05, 4.69) is 34.4 Å². The lowest BCUT2D eigenvalue weighted by Gasteiger charge is -2.32. The molecular weight excluding hydrogens is 336 g/mol. The second-order valence-corrected chi connectivity index (χ2v) is 6.76. The Bertz CT molecular complexity index is 530. The molecule has 2 rings (SSSR count). The van der Waals surface area contributed by atoms with Gasteiger partial charge in [-0.05, 0) is 50.9 Å². The molecule has 0 unspecified atom stereocenters. The molecule has 0 saturated carbocycles. The van der Waals surface area contributed by atoms with Crippen molar-refractivity contribution in [1.82, 2.24) is 15.5 Å².